The minimum absolute atomic E-state index is 0.0173. The Morgan fingerprint density at radius 1 is 1.08 bits per heavy atom. The zero-order valence-corrected chi connectivity index (χ0v) is 21.0. The van der Waals surface area contributed by atoms with Gasteiger partial charge in [-0.05, 0) is 49.1 Å². The van der Waals surface area contributed by atoms with E-state index < -0.39 is 11.1 Å². The first-order valence-corrected chi connectivity index (χ1v) is 12.6. The van der Waals surface area contributed by atoms with Gasteiger partial charge in [-0.25, -0.2) is 0 Å². The second-order valence-electron chi connectivity index (χ2n) is 9.48. The van der Waals surface area contributed by atoms with Gasteiger partial charge in [0.05, 0.1) is 13.2 Å². The van der Waals surface area contributed by atoms with Crippen molar-refractivity contribution in [1.29, 1.82) is 0 Å². The highest BCUT2D eigenvalue weighted by Crippen LogP contribution is 2.28. The Kier molecular flexibility index (Phi) is 7.47. The van der Waals surface area contributed by atoms with E-state index in [9.17, 15) is 9.59 Å². The molecular formula is C27H32N6O4. The summed E-state index contributed by atoms with van der Waals surface area (Å²) in [6.45, 7) is 4.14. The standard InChI is InChI=1S/C27H32N6O4/c1-36-14-15-37-27-30-23(28)22-24(31-27)33(26(35)25(34)29-22)17-19-6-10-21(11-7-19)20-8-4-18(5-9-20)16-32-12-2-3-13-32/h4-10,21H,2-3,11-17H2,1H3,(H,29,34)(H2,28,30,31). The Hall–Kier alpha value is -3.76. The van der Waals surface area contributed by atoms with Crippen LogP contribution in [0.3, 0.4) is 0 Å². The van der Waals surface area contributed by atoms with Crippen LogP contribution in [0.2, 0.25) is 0 Å². The number of allylic oxidation sites excluding steroid dienone is 4. The summed E-state index contributed by atoms with van der Waals surface area (Å²) in [5.41, 5.74) is 8.49. The van der Waals surface area contributed by atoms with Crippen LogP contribution in [0.15, 0.2) is 57.7 Å². The molecule has 0 bridgehead atoms. The second-order valence-corrected chi connectivity index (χ2v) is 9.48. The number of nitrogens with zero attached hydrogens (tertiary/aromatic N) is 4. The largest absolute Gasteiger partial charge is 0.461 e. The summed E-state index contributed by atoms with van der Waals surface area (Å²) < 4.78 is 11.8. The molecule has 1 unspecified atom stereocenters. The number of H-pyrrole nitrogens is 1. The smallest absolute Gasteiger partial charge is 0.320 e. The van der Waals surface area contributed by atoms with Crippen molar-refractivity contribution in [2.24, 2.45) is 0 Å². The van der Waals surface area contributed by atoms with Crippen LogP contribution in [0, 0.1) is 0 Å². The number of rotatable bonds is 9. The third kappa shape index (κ3) is 5.65. The summed E-state index contributed by atoms with van der Waals surface area (Å²) in [5.74, 6) is 0.292. The van der Waals surface area contributed by atoms with Crippen molar-refractivity contribution >= 4 is 17.0 Å². The number of fused-ring (bicyclic) bond motifs is 1. The Morgan fingerprint density at radius 2 is 1.86 bits per heavy atom. The van der Waals surface area contributed by atoms with Gasteiger partial charge in [-0.1, -0.05) is 42.5 Å². The summed E-state index contributed by atoms with van der Waals surface area (Å²) in [7, 11) is 1.56. The molecule has 0 saturated carbocycles. The monoisotopic (exact) mass is 504 g/mol. The van der Waals surface area contributed by atoms with Crippen LogP contribution in [0.25, 0.3) is 11.2 Å². The van der Waals surface area contributed by atoms with E-state index in [0.717, 1.165) is 18.5 Å². The Labute approximate surface area is 214 Å². The van der Waals surface area contributed by atoms with Crippen molar-refractivity contribution in [2.45, 2.75) is 38.3 Å². The molecule has 10 heteroatoms. The van der Waals surface area contributed by atoms with Crippen molar-refractivity contribution in [3.63, 3.8) is 0 Å². The van der Waals surface area contributed by atoms with E-state index >= 15 is 0 Å². The summed E-state index contributed by atoms with van der Waals surface area (Å²) in [6, 6.07) is 8.87. The van der Waals surface area contributed by atoms with E-state index in [-0.39, 0.29) is 42.1 Å². The fourth-order valence-electron chi connectivity index (χ4n) is 4.85. The zero-order chi connectivity index (χ0) is 25.8. The number of nitrogens with one attached hydrogen (secondary N) is 1. The number of likely N-dealkylation sites (tertiary alicyclic amines) is 1. The molecule has 3 N–H and O–H groups in total. The highest BCUT2D eigenvalue weighted by molar-refractivity contribution is 5.81. The van der Waals surface area contributed by atoms with Crippen LogP contribution in [-0.4, -0.2) is 57.8 Å². The molecule has 2 aromatic heterocycles. The maximum Gasteiger partial charge on any atom is 0.320 e. The lowest BCUT2D eigenvalue weighted by Crippen LogP contribution is -2.37. The van der Waals surface area contributed by atoms with Crippen molar-refractivity contribution in [3.05, 3.63) is 79.9 Å². The maximum absolute atomic E-state index is 12.8. The van der Waals surface area contributed by atoms with Crippen LogP contribution in [-0.2, 0) is 17.8 Å². The van der Waals surface area contributed by atoms with Crippen LogP contribution in [0.4, 0.5) is 5.82 Å². The van der Waals surface area contributed by atoms with Gasteiger partial charge in [-0.2, -0.15) is 9.97 Å². The first-order chi connectivity index (χ1) is 18.0. The molecular weight excluding hydrogens is 472 g/mol. The third-order valence-electron chi connectivity index (χ3n) is 6.88. The number of anilines is 1. The van der Waals surface area contributed by atoms with Crippen molar-refractivity contribution in [3.8, 4) is 6.01 Å². The van der Waals surface area contributed by atoms with Crippen LogP contribution in [0.5, 0.6) is 6.01 Å². The molecule has 0 spiro atoms. The molecule has 3 heterocycles. The molecule has 1 aliphatic carbocycles. The van der Waals surface area contributed by atoms with Crippen molar-refractivity contribution < 1.29 is 9.47 Å². The minimum Gasteiger partial charge on any atom is -0.461 e. The number of nitrogens with two attached hydrogens (primary N) is 1. The molecule has 2 aliphatic rings. The number of hydrogen-bond donors (Lipinski definition) is 2. The predicted molar refractivity (Wildman–Crippen MR) is 142 cm³/mol. The Morgan fingerprint density at radius 3 is 2.57 bits per heavy atom. The van der Waals surface area contributed by atoms with E-state index in [1.807, 2.05) is 6.08 Å². The van der Waals surface area contributed by atoms with Gasteiger partial charge in [0, 0.05) is 19.6 Å². The van der Waals surface area contributed by atoms with Crippen molar-refractivity contribution in [2.75, 3.05) is 39.1 Å². The lowest BCUT2D eigenvalue weighted by Gasteiger charge is -2.19. The number of aromatic nitrogens is 4. The summed E-state index contributed by atoms with van der Waals surface area (Å²) in [5, 5.41) is 0. The molecule has 1 atom stereocenters. The summed E-state index contributed by atoms with van der Waals surface area (Å²) in [4.78, 5) is 38.5. The van der Waals surface area contributed by atoms with E-state index in [1.54, 1.807) is 7.11 Å². The molecule has 37 heavy (non-hydrogen) atoms. The quantitative estimate of drug-likeness (QED) is 0.336. The van der Waals surface area contributed by atoms with Gasteiger partial charge in [0.2, 0.25) is 0 Å². The predicted octanol–water partition coefficient (Wildman–Crippen LogP) is 2.35. The lowest BCUT2D eigenvalue weighted by molar-refractivity contribution is 0.141. The number of hydrogen-bond acceptors (Lipinski definition) is 8. The molecule has 1 fully saturated rings. The molecule has 194 valence electrons. The summed E-state index contributed by atoms with van der Waals surface area (Å²) >= 11 is 0. The Balaban J connectivity index is 1.32. The van der Waals surface area contributed by atoms with Gasteiger partial charge in [-0.3, -0.25) is 19.1 Å². The molecule has 0 amide bonds. The minimum atomic E-state index is -0.775. The molecule has 10 nitrogen and oxygen atoms in total. The fraction of sp³-hybridized carbons (Fsp3) is 0.407. The number of aromatic amines is 1. The first kappa shape index (κ1) is 24.9. The molecule has 1 saturated heterocycles. The van der Waals surface area contributed by atoms with Crippen molar-refractivity contribution in [1.82, 2.24) is 24.4 Å². The van der Waals surface area contributed by atoms with Gasteiger partial charge in [0.15, 0.2) is 11.5 Å². The van der Waals surface area contributed by atoms with E-state index in [2.05, 4.69) is 56.3 Å². The fourth-order valence-corrected chi connectivity index (χ4v) is 4.85. The topological polar surface area (TPSA) is 128 Å². The van der Waals surface area contributed by atoms with Gasteiger partial charge < -0.3 is 20.2 Å². The molecule has 1 aromatic carbocycles. The molecule has 1 aliphatic heterocycles. The van der Waals surface area contributed by atoms with E-state index in [1.165, 1.54) is 41.6 Å². The number of ether oxygens (including phenoxy) is 2. The zero-order valence-electron chi connectivity index (χ0n) is 21.0. The van der Waals surface area contributed by atoms with Crippen LogP contribution < -0.4 is 21.6 Å². The highest BCUT2D eigenvalue weighted by atomic mass is 16.5. The van der Waals surface area contributed by atoms with E-state index in [0.29, 0.717) is 6.61 Å². The molecule has 5 rings (SSSR count). The lowest BCUT2D eigenvalue weighted by atomic mass is 9.89. The second kappa shape index (κ2) is 11.1. The van der Waals surface area contributed by atoms with Gasteiger partial charge in [-0.15, -0.1) is 0 Å². The van der Waals surface area contributed by atoms with Gasteiger partial charge >= 0.3 is 17.1 Å². The average Bonchev–Trinajstić information content (AvgIpc) is 3.42. The maximum atomic E-state index is 12.8. The number of benzene rings is 1. The van der Waals surface area contributed by atoms with Crippen LogP contribution in [0.1, 0.15) is 36.3 Å². The summed E-state index contributed by atoms with van der Waals surface area (Å²) in [6.07, 6.45) is 9.64. The average molecular weight is 505 g/mol. The first-order valence-electron chi connectivity index (χ1n) is 12.6. The van der Waals surface area contributed by atoms with E-state index in [4.69, 9.17) is 15.2 Å². The third-order valence-corrected chi connectivity index (χ3v) is 6.88. The van der Waals surface area contributed by atoms with Gasteiger partial charge in [0.25, 0.3) is 0 Å². The van der Waals surface area contributed by atoms with Crippen LogP contribution >= 0.6 is 0 Å². The Bertz CT molecular complexity index is 1430. The number of methoxy groups -OCH3 is 1. The molecule has 3 aromatic rings. The number of nitrogen functional groups attached to an aromatic ring is 1. The molecule has 0 radical (unpaired) electrons. The normalized spacial score (nSPS) is 17.9. The van der Waals surface area contributed by atoms with Gasteiger partial charge in [0.1, 0.15) is 12.1 Å². The highest BCUT2D eigenvalue weighted by Gasteiger charge is 2.18. The SMILES string of the molecule is COCCOc1nc(N)c2[nH]c(=O)c(=O)n(CC3=CCC(c4ccc(CN5CCCC5)cc4)C=C3)c2n1.